The number of hydrogen-bond donors (Lipinski definition) is 2. The van der Waals surface area contributed by atoms with E-state index < -0.39 is 0 Å². The Bertz CT molecular complexity index is 362. The Hall–Kier alpha value is -1.35. The van der Waals surface area contributed by atoms with Crippen molar-refractivity contribution < 1.29 is 4.79 Å². The zero-order valence-electron chi connectivity index (χ0n) is 8.70. The summed E-state index contributed by atoms with van der Waals surface area (Å²) in [6.07, 6.45) is 1.32. The third-order valence-corrected chi connectivity index (χ3v) is 2.94. The molecule has 1 aromatic rings. The molecule has 1 heterocycles. The fourth-order valence-electron chi connectivity index (χ4n) is 2.16. The summed E-state index contributed by atoms with van der Waals surface area (Å²) in [4.78, 5) is 10.8. The minimum atomic E-state index is -0.210. The van der Waals surface area contributed by atoms with Gasteiger partial charge < -0.3 is 11.1 Å². The summed E-state index contributed by atoms with van der Waals surface area (Å²) in [5.41, 5.74) is 7.89. The van der Waals surface area contributed by atoms with Crippen molar-refractivity contribution in [2.24, 2.45) is 5.73 Å². The van der Waals surface area contributed by atoms with Gasteiger partial charge in [-0.2, -0.15) is 0 Å². The summed E-state index contributed by atoms with van der Waals surface area (Å²) in [6, 6.07) is 8.40. The minimum Gasteiger partial charge on any atom is -0.370 e. The van der Waals surface area contributed by atoms with Gasteiger partial charge in [-0.15, -0.1) is 0 Å². The molecule has 1 atom stereocenters. The lowest BCUT2D eigenvalue weighted by Gasteiger charge is -2.25. The van der Waals surface area contributed by atoms with Crippen molar-refractivity contribution in [3.05, 3.63) is 35.4 Å². The number of nitrogens with one attached hydrogen (secondary N) is 1. The van der Waals surface area contributed by atoms with E-state index in [9.17, 15) is 4.79 Å². The van der Waals surface area contributed by atoms with Crippen LogP contribution in [0.3, 0.4) is 0 Å². The molecule has 0 aliphatic carbocycles. The molecule has 80 valence electrons. The molecule has 3 N–H and O–H groups in total. The molecular formula is C12H16N2O. The Kier molecular flexibility index (Phi) is 3.02. The van der Waals surface area contributed by atoms with Crippen LogP contribution < -0.4 is 11.1 Å². The molecule has 0 fully saturated rings. The van der Waals surface area contributed by atoms with Gasteiger partial charge in [0, 0.05) is 19.5 Å². The largest absolute Gasteiger partial charge is 0.370 e. The number of primary amides is 1. The maximum atomic E-state index is 10.8. The van der Waals surface area contributed by atoms with Crippen molar-refractivity contribution in [2.45, 2.75) is 25.3 Å². The second kappa shape index (κ2) is 4.45. The topological polar surface area (TPSA) is 55.1 Å². The van der Waals surface area contributed by atoms with E-state index in [0.717, 1.165) is 19.5 Å². The Balaban J connectivity index is 2.11. The summed E-state index contributed by atoms with van der Waals surface area (Å²) in [7, 11) is 0. The van der Waals surface area contributed by atoms with E-state index in [2.05, 4.69) is 29.6 Å². The van der Waals surface area contributed by atoms with Crippen LogP contribution >= 0.6 is 0 Å². The number of hydrogen-bond acceptors (Lipinski definition) is 2. The summed E-state index contributed by atoms with van der Waals surface area (Å²) in [5, 5.41) is 3.36. The van der Waals surface area contributed by atoms with Crippen LogP contribution in [0, 0.1) is 0 Å². The number of carbonyl (C=O) groups is 1. The highest BCUT2D eigenvalue weighted by Crippen LogP contribution is 2.27. The predicted octanol–water partition coefficient (Wildman–Crippen LogP) is 1.14. The SMILES string of the molecule is NC(=O)CCC1CNCc2ccccc21. The highest BCUT2D eigenvalue weighted by Gasteiger charge is 2.19. The molecule has 3 heteroatoms. The van der Waals surface area contributed by atoms with Crippen LogP contribution in [0.2, 0.25) is 0 Å². The molecule has 0 bridgehead atoms. The lowest BCUT2D eigenvalue weighted by atomic mass is 9.87. The van der Waals surface area contributed by atoms with Gasteiger partial charge in [-0.1, -0.05) is 24.3 Å². The summed E-state index contributed by atoms with van der Waals surface area (Å²) >= 11 is 0. The molecule has 0 radical (unpaired) electrons. The molecule has 1 unspecified atom stereocenters. The molecule has 1 amide bonds. The molecule has 3 nitrogen and oxygen atoms in total. The van der Waals surface area contributed by atoms with Crippen LogP contribution in [-0.4, -0.2) is 12.5 Å². The Morgan fingerprint density at radius 3 is 3.07 bits per heavy atom. The Morgan fingerprint density at radius 1 is 1.47 bits per heavy atom. The van der Waals surface area contributed by atoms with Gasteiger partial charge in [0.2, 0.25) is 5.91 Å². The van der Waals surface area contributed by atoms with Crippen molar-refractivity contribution in [1.29, 1.82) is 0 Å². The monoisotopic (exact) mass is 204 g/mol. The molecule has 2 rings (SSSR count). The number of carbonyl (C=O) groups excluding carboxylic acids is 1. The van der Waals surface area contributed by atoms with Gasteiger partial charge >= 0.3 is 0 Å². The predicted molar refractivity (Wildman–Crippen MR) is 59.3 cm³/mol. The number of nitrogens with two attached hydrogens (primary N) is 1. The molecule has 1 aromatic carbocycles. The third kappa shape index (κ3) is 2.36. The van der Waals surface area contributed by atoms with Gasteiger partial charge in [0.15, 0.2) is 0 Å². The molecule has 0 spiro atoms. The average molecular weight is 204 g/mol. The van der Waals surface area contributed by atoms with Crippen molar-refractivity contribution in [2.75, 3.05) is 6.54 Å². The van der Waals surface area contributed by atoms with E-state index in [-0.39, 0.29) is 5.91 Å². The standard InChI is InChI=1S/C12H16N2O/c13-12(15)6-5-10-8-14-7-9-3-1-2-4-11(9)10/h1-4,10,14H,5-8H2,(H2,13,15). The van der Waals surface area contributed by atoms with E-state index in [1.807, 2.05) is 0 Å². The first-order valence-electron chi connectivity index (χ1n) is 5.34. The summed E-state index contributed by atoms with van der Waals surface area (Å²) < 4.78 is 0. The molecular weight excluding hydrogens is 188 g/mol. The summed E-state index contributed by atoms with van der Waals surface area (Å²) in [6.45, 7) is 1.88. The number of rotatable bonds is 3. The molecule has 0 saturated heterocycles. The first-order chi connectivity index (χ1) is 7.27. The number of amides is 1. The van der Waals surface area contributed by atoms with E-state index in [1.54, 1.807) is 0 Å². The quantitative estimate of drug-likeness (QED) is 0.775. The van der Waals surface area contributed by atoms with Gasteiger partial charge in [0.25, 0.3) is 0 Å². The van der Waals surface area contributed by atoms with E-state index in [0.29, 0.717) is 12.3 Å². The second-order valence-corrected chi connectivity index (χ2v) is 4.03. The van der Waals surface area contributed by atoms with E-state index >= 15 is 0 Å². The zero-order valence-corrected chi connectivity index (χ0v) is 8.70. The van der Waals surface area contributed by atoms with Crippen LogP contribution in [0.4, 0.5) is 0 Å². The Labute approximate surface area is 89.7 Å². The van der Waals surface area contributed by atoms with Crippen molar-refractivity contribution in [1.82, 2.24) is 5.32 Å². The first kappa shape index (κ1) is 10.2. The van der Waals surface area contributed by atoms with Crippen LogP contribution in [0.5, 0.6) is 0 Å². The lowest BCUT2D eigenvalue weighted by molar-refractivity contribution is -0.118. The van der Waals surface area contributed by atoms with Crippen molar-refractivity contribution in [3.63, 3.8) is 0 Å². The molecule has 15 heavy (non-hydrogen) atoms. The fraction of sp³-hybridized carbons (Fsp3) is 0.417. The maximum Gasteiger partial charge on any atom is 0.217 e. The van der Waals surface area contributed by atoms with Crippen LogP contribution in [0.25, 0.3) is 0 Å². The highest BCUT2D eigenvalue weighted by atomic mass is 16.1. The van der Waals surface area contributed by atoms with E-state index in [1.165, 1.54) is 11.1 Å². The molecule has 0 aromatic heterocycles. The maximum absolute atomic E-state index is 10.8. The highest BCUT2D eigenvalue weighted by molar-refractivity contribution is 5.73. The zero-order chi connectivity index (χ0) is 10.7. The summed E-state index contributed by atoms with van der Waals surface area (Å²) in [5.74, 6) is 0.223. The Morgan fingerprint density at radius 2 is 2.27 bits per heavy atom. The van der Waals surface area contributed by atoms with Gasteiger partial charge in [-0.3, -0.25) is 4.79 Å². The minimum absolute atomic E-state index is 0.210. The molecule has 1 aliphatic heterocycles. The van der Waals surface area contributed by atoms with Crippen LogP contribution in [-0.2, 0) is 11.3 Å². The third-order valence-electron chi connectivity index (χ3n) is 2.94. The van der Waals surface area contributed by atoms with Crippen molar-refractivity contribution >= 4 is 5.91 Å². The first-order valence-corrected chi connectivity index (χ1v) is 5.34. The van der Waals surface area contributed by atoms with Gasteiger partial charge in [-0.05, 0) is 23.5 Å². The number of fused-ring (bicyclic) bond motifs is 1. The normalized spacial score (nSPS) is 19.6. The van der Waals surface area contributed by atoms with Gasteiger partial charge in [-0.25, -0.2) is 0 Å². The van der Waals surface area contributed by atoms with E-state index in [4.69, 9.17) is 5.73 Å². The lowest BCUT2D eigenvalue weighted by Crippen LogP contribution is -2.28. The smallest absolute Gasteiger partial charge is 0.217 e. The molecule has 1 aliphatic rings. The average Bonchev–Trinajstić information content (AvgIpc) is 2.26. The second-order valence-electron chi connectivity index (χ2n) is 4.03. The van der Waals surface area contributed by atoms with Crippen LogP contribution in [0.1, 0.15) is 29.9 Å². The number of benzene rings is 1. The van der Waals surface area contributed by atoms with Gasteiger partial charge in [0.1, 0.15) is 0 Å². The van der Waals surface area contributed by atoms with Crippen LogP contribution in [0.15, 0.2) is 24.3 Å². The van der Waals surface area contributed by atoms with Gasteiger partial charge in [0.05, 0.1) is 0 Å². The fourth-order valence-corrected chi connectivity index (χ4v) is 2.16. The molecule has 0 saturated carbocycles. The van der Waals surface area contributed by atoms with Crippen molar-refractivity contribution in [3.8, 4) is 0 Å².